The van der Waals surface area contributed by atoms with Crippen LogP contribution in [-0.2, 0) is 43.4 Å². The third-order valence-electron chi connectivity index (χ3n) is 7.78. The number of benzene rings is 2. The highest BCUT2D eigenvalue weighted by Crippen LogP contribution is 2.38. The quantitative estimate of drug-likeness (QED) is 0.226. The van der Waals surface area contributed by atoms with E-state index < -0.39 is 47.3 Å². The number of morpholine rings is 1. The largest absolute Gasteiger partial charge is 0.416 e. The van der Waals surface area contributed by atoms with Gasteiger partial charge in [-0.1, -0.05) is 18.1 Å². The molecule has 4 rings (SSSR count). The second-order valence-corrected chi connectivity index (χ2v) is 11.1. The van der Waals surface area contributed by atoms with E-state index in [1.54, 1.807) is 0 Å². The van der Waals surface area contributed by atoms with Gasteiger partial charge in [-0.25, -0.2) is 0 Å². The summed E-state index contributed by atoms with van der Waals surface area (Å²) in [5, 5.41) is 11.6. The molecule has 1 aliphatic rings. The molecule has 1 aliphatic heterocycles. The SMILES string of the molecule is CCC(c1ccc(C(F)(F)F)cc1CN(Cc1cc(C(F)(F)F)cc(C(F)(F)F)c1)c1nnn(C)n1)N(C)CCN1CCOCC1. The van der Waals surface area contributed by atoms with Gasteiger partial charge in [-0.15, -0.1) is 5.10 Å². The molecule has 1 atom stereocenters. The van der Waals surface area contributed by atoms with E-state index in [0.717, 1.165) is 30.0 Å². The molecule has 254 valence electrons. The normalized spacial score (nSPS) is 15.8. The Labute approximate surface area is 259 Å². The number of likely N-dealkylation sites (N-methyl/N-ethyl adjacent to an activating group) is 1. The first-order valence-electron chi connectivity index (χ1n) is 14.4. The van der Waals surface area contributed by atoms with Crippen LogP contribution in [0.2, 0.25) is 0 Å². The van der Waals surface area contributed by atoms with Gasteiger partial charge < -0.3 is 9.64 Å². The van der Waals surface area contributed by atoms with Crippen LogP contribution in [0.4, 0.5) is 45.5 Å². The number of nitrogens with zero attached hydrogens (tertiary/aromatic N) is 7. The Morgan fingerprint density at radius 2 is 1.46 bits per heavy atom. The van der Waals surface area contributed by atoms with E-state index in [2.05, 4.69) is 20.3 Å². The maximum atomic E-state index is 13.9. The van der Waals surface area contributed by atoms with E-state index in [-0.39, 0.29) is 30.2 Å². The number of aromatic nitrogens is 4. The highest BCUT2D eigenvalue weighted by Gasteiger charge is 2.37. The number of halogens is 9. The van der Waals surface area contributed by atoms with Gasteiger partial charge in [-0.3, -0.25) is 9.80 Å². The second-order valence-electron chi connectivity index (χ2n) is 11.1. The minimum Gasteiger partial charge on any atom is -0.379 e. The molecule has 1 unspecified atom stereocenters. The summed E-state index contributed by atoms with van der Waals surface area (Å²) in [6.45, 7) is 4.91. The zero-order valence-electron chi connectivity index (χ0n) is 25.3. The molecule has 2 aromatic carbocycles. The lowest BCUT2D eigenvalue weighted by molar-refractivity contribution is -0.143. The van der Waals surface area contributed by atoms with Crippen LogP contribution in [0.5, 0.6) is 0 Å². The van der Waals surface area contributed by atoms with Crippen molar-refractivity contribution in [2.75, 3.05) is 51.3 Å². The molecule has 0 bridgehead atoms. The topological polar surface area (TPSA) is 62.6 Å². The molecular formula is C29H34F9N7O. The maximum Gasteiger partial charge on any atom is 0.416 e. The molecule has 0 amide bonds. The molecule has 46 heavy (non-hydrogen) atoms. The standard InChI is InChI=1S/C29H34F9N7O/c1-4-25(42(2)7-8-44-9-11-46-12-10-44)24-6-5-21(27(30,31)32)15-20(24)18-45(26-39-41-43(3)40-26)17-19-13-22(28(33,34)35)16-23(14-19)29(36,37)38/h5-6,13-16,25H,4,7-12,17-18H2,1-3H3. The molecule has 3 aromatic rings. The lowest BCUT2D eigenvalue weighted by Gasteiger charge is -2.34. The number of hydrogen-bond acceptors (Lipinski definition) is 7. The summed E-state index contributed by atoms with van der Waals surface area (Å²) in [6, 6.07) is 4.07. The molecule has 0 spiro atoms. The van der Waals surface area contributed by atoms with Crippen molar-refractivity contribution in [3.05, 3.63) is 69.8 Å². The number of alkyl halides is 9. The minimum absolute atomic E-state index is 0.0118. The molecule has 17 heteroatoms. The van der Waals surface area contributed by atoms with Crippen molar-refractivity contribution in [2.45, 2.75) is 51.0 Å². The summed E-state index contributed by atoms with van der Waals surface area (Å²) in [7, 11) is 3.24. The van der Waals surface area contributed by atoms with E-state index in [4.69, 9.17) is 4.74 Å². The van der Waals surface area contributed by atoms with Crippen LogP contribution < -0.4 is 4.90 Å². The summed E-state index contributed by atoms with van der Waals surface area (Å²) in [5.74, 6) is -0.189. The van der Waals surface area contributed by atoms with E-state index in [1.807, 2.05) is 18.9 Å². The van der Waals surface area contributed by atoms with Crippen LogP contribution >= 0.6 is 0 Å². The molecule has 0 N–H and O–H groups in total. The molecule has 1 saturated heterocycles. The minimum atomic E-state index is -5.08. The van der Waals surface area contributed by atoms with E-state index in [9.17, 15) is 39.5 Å². The fraction of sp³-hybridized carbons (Fsp3) is 0.552. The molecule has 0 radical (unpaired) electrons. The number of aryl methyl sites for hydroxylation is 1. The fourth-order valence-corrected chi connectivity index (χ4v) is 5.43. The molecule has 2 heterocycles. The van der Waals surface area contributed by atoms with Crippen molar-refractivity contribution in [1.29, 1.82) is 0 Å². The number of hydrogen-bond donors (Lipinski definition) is 0. The Morgan fingerprint density at radius 3 is 1.98 bits per heavy atom. The summed E-state index contributed by atoms with van der Waals surface area (Å²) in [6.07, 6.45) is -14.4. The van der Waals surface area contributed by atoms with Gasteiger partial charge in [-0.05, 0) is 65.7 Å². The van der Waals surface area contributed by atoms with E-state index >= 15 is 0 Å². The molecular weight excluding hydrogens is 633 g/mol. The van der Waals surface area contributed by atoms with E-state index in [0.29, 0.717) is 50.4 Å². The van der Waals surface area contributed by atoms with Crippen LogP contribution in [0.25, 0.3) is 0 Å². The van der Waals surface area contributed by atoms with E-state index in [1.165, 1.54) is 18.0 Å². The van der Waals surface area contributed by atoms with Gasteiger partial charge in [0.1, 0.15) is 0 Å². The molecule has 0 aliphatic carbocycles. The summed E-state index contributed by atoms with van der Waals surface area (Å²) in [5.41, 5.74) is -3.70. The first kappa shape index (κ1) is 35.4. The van der Waals surface area contributed by atoms with Crippen LogP contribution in [0.15, 0.2) is 36.4 Å². The van der Waals surface area contributed by atoms with Crippen LogP contribution in [0.3, 0.4) is 0 Å². The molecule has 0 saturated carbocycles. The number of tetrazole rings is 1. The van der Waals surface area contributed by atoms with Crippen LogP contribution in [0, 0.1) is 0 Å². The van der Waals surface area contributed by atoms with Crippen molar-refractivity contribution in [3.8, 4) is 0 Å². The third kappa shape index (κ3) is 9.09. The molecule has 8 nitrogen and oxygen atoms in total. The van der Waals surface area contributed by atoms with Gasteiger partial charge in [0.15, 0.2) is 0 Å². The zero-order valence-corrected chi connectivity index (χ0v) is 25.3. The zero-order chi connectivity index (χ0) is 33.9. The molecule has 1 fully saturated rings. The van der Waals surface area contributed by atoms with Crippen molar-refractivity contribution < 1.29 is 44.3 Å². The van der Waals surface area contributed by atoms with Gasteiger partial charge in [0.25, 0.3) is 5.95 Å². The predicted molar refractivity (Wildman–Crippen MR) is 149 cm³/mol. The predicted octanol–water partition coefficient (Wildman–Crippen LogP) is 6.19. The Hall–Kier alpha value is -3.44. The average Bonchev–Trinajstić information content (AvgIpc) is 3.42. The van der Waals surface area contributed by atoms with Crippen molar-refractivity contribution in [2.24, 2.45) is 7.05 Å². The Kier molecular flexibility index (Phi) is 10.9. The van der Waals surface area contributed by atoms with Gasteiger partial charge in [0.2, 0.25) is 0 Å². The maximum absolute atomic E-state index is 13.9. The monoisotopic (exact) mass is 667 g/mol. The van der Waals surface area contributed by atoms with Crippen LogP contribution in [0.1, 0.15) is 52.8 Å². The summed E-state index contributed by atoms with van der Waals surface area (Å²) >= 11 is 0. The van der Waals surface area contributed by atoms with Crippen molar-refractivity contribution in [1.82, 2.24) is 30.0 Å². The van der Waals surface area contributed by atoms with Gasteiger partial charge in [-0.2, -0.15) is 44.3 Å². The number of ether oxygens (including phenoxy) is 1. The number of anilines is 1. The number of rotatable bonds is 11. The molecule has 1 aromatic heterocycles. The highest BCUT2D eigenvalue weighted by atomic mass is 19.4. The Balaban J connectivity index is 1.74. The lowest BCUT2D eigenvalue weighted by Crippen LogP contribution is -2.41. The average molecular weight is 668 g/mol. The summed E-state index contributed by atoms with van der Waals surface area (Å²) in [4.78, 5) is 6.46. The Bertz CT molecular complexity index is 1420. The van der Waals surface area contributed by atoms with Gasteiger partial charge in [0.05, 0.1) is 37.0 Å². The lowest BCUT2D eigenvalue weighted by atomic mass is 9.94. The van der Waals surface area contributed by atoms with Crippen molar-refractivity contribution in [3.63, 3.8) is 0 Å². The fourth-order valence-electron chi connectivity index (χ4n) is 5.43. The van der Waals surface area contributed by atoms with Gasteiger partial charge >= 0.3 is 18.5 Å². The van der Waals surface area contributed by atoms with Gasteiger partial charge in [0, 0.05) is 45.3 Å². The smallest absolute Gasteiger partial charge is 0.379 e. The summed E-state index contributed by atoms with van der Waals surface area (Å²) < 4.78 is 129. The third-order valence-corrected chi connectivity index (χ3v) is 7.78. The first-order valence-corrected chi connectivity index (χ1v) is 14.4. The second kappa shape index (κ2) is 14.1. The van der Waals surface area contributed by atoms with Crippen LogP contribution in [-0.4, -0.2) is 76.4 Å². The highest BCUT2D eigenvalue weighted by molar-refractivity contribution is 5.42. The van der Waals surface area contributed by atoms with Crippen molar-refractivity contribution >= 4 is 5.95 Å². The first-order chi connectivity index (χ1) is 21.5. The Morgan fingerprint density at radius 1 is 0.848 bits per heavy atom.